The predicted molar refractivity (Wildman–Crippen MR) is 73.8 cm³/mol. The van der Waals surface area contributed by atoms with Gasteiger partial charge in [0.2, 0.25) is 0 Å². The Balaban J connectivity index is 2.24. The van der Waals surface area contributed by atoms with Crippen LogP contribution >= 0.6 is 0 Å². The zero-order valence-corrected chi connectivity index (χ0v) is 11.9. The number of halogens is 1. The molecule has 1 aliphatic carbocycles. The number of rotatable bonds is 3. The first-order valence-electron chi connectivity index (χ1n) is 7.00. The molecule has 106 valence electrons. The third-order valence-electron chi connectivity index (χ3n) is 4.47. The quantitative estimate of drug-likeness (QED) is 0.906. The smallest absolute Gasteiger partial charge is 0.168 e. The topological polar surface area (TPSA) is 29.5 Å². The van der Waals surface area contributed by atoms with Crippen LogP contribution in [0.4, 0.5) is 4.39 Å². The lowest BCUT2D eigenvalue weighted by Gasteiger charge is -2.41. The number of benzene rings is 1. The summed E-state index contributed by atoms with van der Waals surface area (Å²) in [6, 6.07) is 5.12. The molecule has 3 atom stereocenters. The van der Waals surface area contributed by atoms with E-state index in [4.69, 9.17) is 4.74 Å². The monoisotopic (exact) mass is 266 g/mol. The van der Waals surface area contributed by atoms with Gasteiger partial charge in [0.25, 0.3) is 0 Å². The van der Waals surface area contributed by atoms with Crippen LogP contribution in [0.15, 0.2) is 18.2 Å². The molecular weight excluding hydrogens is 243 g/mol. The summed E-state index contributed by atoms with van der Waals surface area (Å²) in [4.78, 5) is 0. The van der Waals surface area contributed by atoms with Gasteiger partial charge in [-0.2, -0.15) is 0 Å². The Kier molecular flexibility index (Phi) is 4.14. The maximum Gasteiger partial charge on any atom is 0.168 e. The first-order valence-corrected chi connectivity index (χ1v) is 7.00. The number of hydrogen-bond acceptors (Lipinski definition) is 2. The number of ether oxygens (including phenoxy) is 1. The van der Waals surface area contributed by atoms with Crippen LogP contribution in [0.25, 0.3) is 0 Å². The zero-order valence-electron chi connectivity index (χ0n) is 11.9. The van der Waals surface area contributed by atoms with Gasteiger partial charge in [-0.25, -0.2) is 4.39 Å². The fraction of sp³-hybridized carbons (Fsp3) is 0.625. The molecule has 3 unspecified atom stereocenters. The molecule has 0 bridgehead atoms. The summed E-state index contributed by atoms with van der Waals surface area (Å²) in [5, 5.41) is 10.8. The first kappa shape index (κ1) is 14.3. The Hall–Kier alpha value is -1.09. The van der Waals surface area contributed by atoms with Gasteiger partial charge >= 0.3 is 0 Å². The van der Waals surface area contributed by atoms with Crippen molar-refractivity contribution >= 4 is 0 Å². The zero-order chi connectivity index (χ0) is 14.0. The molecule has 0 amide bonds. The first-order chi connectivity index (χ1) is 8.96. The molecule has 0 saturated heterocycles. The van der Waals surface area contributed by atoms with Crippen LogP contribution in [-0.2, 0) is 6.42 Å². The van der Waals surface area contributed by atoms with Gasteiger partial charge in [0, 0.05) is 6.42 Å². The van der Waals surface area contributed by atoms with E-state index >= 15 is 0 Å². The Morgan fingerprint density at radius 1 is 1.37 bits per heavy atom. The van der Waals surface area contributed by atoms with Crippen LogP contribution in [0.5, 0.6) is 5.75 Å². The van der Waals surface area contributed by atoms with Crippen molar-refractivity contribution in [3.8, 4) is 5.75 Å². The van der Waals surface area contributed by atoms with Crippen molar-refractivity contribution in [3.05, 3.63) is 29.6 Å². The van der Waals surface area contributed by atoms with Crippen molar-refractivity contribution in [2.45, 2.75) is 45.1 Å². The van der Waals surface area contributed by atoms with Crippen molar-refractivity contribution in [2.24, 2.45) is 11.8 Å². The van der Waals surface area contributed by atoms with Crippen LogP contribution in [0.1, 0.15) is 38.7 Å². The van der Waals surface area contributed by atoms with Gasteiger partial charge in [0.05, 0.1) is 12.7 Å². The van der Waals surface area contributed by atoms with E-state index in [1.807, 2.05) is 0 Å². The highest BCUT2D eigenvalue weighted by atomic mass is 19.1. The Bertz CT molecular complexity index is 446. The van der Waals surface area contributed by atoms with E-state index in [2.05, 4.69) is 13.8 Å². The van der Waals surface area contributed by atoms with Crippen molar-refractivity contribution in [1.29, 1.82) is 0 Å². The lowest BCUT2D eigenvalue weighted by Crippen LogP contribution is -2.43. The van der Waals surface area contributed by atoms with Gasteiger partial charge in [-0.05, 0) is 36.3 Å². The molecule has 0 spiro atoms. The minimum Gasteiger partial charge on any atom is -0.494 e. The van der Waals surface area contributed by atoms with Crippen LogP contribution < -0.4 is 4.74 Å². The minimum absolute atomic E-state index is 0.203. The normalized spacial score (nSPS) is 31.2. The Morgan fingerprint density at radius 3 is 2.79 bits per heavy atom. The molecule has 1 aliphatic rings. The van der Waals surface area contributed by atoms with Crippen molar-refractivity contribution in [1.82, 2.24) is 0 Å². The SMILES string of the molecule is COc1cccc(CC2(O)CC(C)CCC2C)c1F. The summed E-state index contributed by atoms with van der Waals surface area (Å²) < 4.78 is 19.2. The van der Waals surface area contributed by atoms with Crippen LogP contribution in [0.2, 0.25) is 0 Å². The third kappa shape index (κ3) is 2.92. The minimum atomic E-state index is -0.801. The van der Waals surface area contributed by atoms with E-state index in [-0.39, 0.29) is 17.5 Å². The molecule has 1 N–H and O–H groups in total. The molecule has 1 aromatic rings. The average molecular weight is 266 g/mol. The second-order valence-corrected chi connectivity index (χ2v) is 6.00. The molecule has 2 nitrogen and oxygen atoms in total. The van der Waals surface area contributed by atoms with Gasteiger partial charge in [-0.1, -0.05) is 32.4 Å². The fourth-order valence-corrected chi connectivity index (χ4v) is 3.14. The molecule has 0 aromatic heterocycles. The number of aliphatic hydroxyl groups is 1. The second kappa shape index (κ2) is 5.49. The lowest BCUT2D eigenvalue weighted by atomic mass is 9.69. The fourth-order valence-electron chi connectivity index (χ4n) is 3.14. The summed E-state index contributed by atoms with van der Waals surface area (Å²) in [5.41, 5.74) is -0.256. The van der Waals surface area contributed by atoms with E-state index in [1.165, 1.54) is 7.11 Å². The van der Waals surface area contributed by atoms with E-state index in [1.54, 1.807) is 18.2 Å². The molecular formula is C16H23FO2. The average Bonchev–Trinajstić information content (AvgIpc) is 2.37. The lowest BCUT2D eigenvalue weighted by molar-refractivity contribution is -0.0565. The molecule has 1 aromatic carbocycles. The molecule has 0 aliphatic heterocycles. The Labute approximate surface area is 114 Å². The molecule has 19 heavy (non-hydrogen) atoms. The molecule has 0 heterocycles. The largest absolute Gasteiger partial charge is 0.494 e. The van der Waals surface area contributed by atoms with Crippen LogP contribution in [0, 0.1) is 17.7 Å². The van der Waals surface area contributed by atoms with Gasteiger partial charge < -0.3 is 9.84 Å². The highest BCUT2D eigenvalue weighted by Crippen LogP contribution is 2.39. The maximum atomic E-state index is 14.2. The summed E-state index contributed by atoms with van der Waals surface area (Å²) >= 11 is 0. The molecule has 2 rings (SSSR count). The summed E-state index contributed by atoms with van der Waals surface area (Å²) in [7, 11) is 1.46. The summed E-state index contributed by atoms with van der Waals surface area (Å²) in [5.74, 6) is 0.602. The van der Waals surface area contributed by atoms with E-state index in [9.17, 15) is 9.50 Å². The molecule has 0 radical (unpaired) electrons. The second-order valence-electron chi connectivity index (χ2n) is 6.00. The predicted octanol–water partition coefficient (Wildman–Crippen LogP) is 3.56. The third-order valence-corrected chi connectivity index (χ3v) is 4.47. The maximum absolute atomic E-state index is 14.2. The van der Waals surface area contributed by atoms with Gasteiger partial charge in [0.1, 0.15) is 0 Å². The number of methoxy groups -OCH3 is 1. The molecule has 1 saturated carbocycles. The molecule has 3 heteroatoms. The van der Waals surface area contributed by atoms with Crippen LogP contribution in [0.3, 0.4) is 0 Å². The van der Waals surface area contributed by atoms with E-state index in [0.717, 1.165) is 19.3 Å². The molecule has 1 fully saturated rings. The standard InChI is InChI=1S/C16H23FO2/c1-11-7-8-12(2)16(18,9-11)10-13-5-4-6-14(19-3)15(13)17/h4-6,11-12,18H,7-10H2,1-3H3. The van der Waals surface area contributed by atoms with Crippen molar-refractivity contribution < 1.29 is 14.2 Å². The Morgan fingerprint density at radius 2 is 2.11 bits per heavy atom. The van der Waals surface area contributed by atoms with Gasteiger partial charge in [-0.3, -0.25) is 0 Å². The van der Waals surface area contributed by atoms with Gasteiger partial charge in [-0.15, -0.1) is 0 Å². The van der Waals surface area contributed by atoms with Crippen molar-refractivity contribution in [2.75, 3.05) is 7.11 Å². The summed E-state index contributed by atoms with van der Waals surface area (Å²) in [6.45, 7) is 4.21. The summed E-state index contributed by atoms with van der Waals surface area (Å²) in [6.07, 6.45) is 3.25. The van der Waals surface area contributed by atoms with Crippen molar-refractivity contribution in [3.63, 3.8) is 0 Å². The van der Waals surface area contributed by atoms with E-state index in [0.29, 0.717) is 17.9 Å². The van der Waals surface area contributed by atoms with E-state index < -0.39 is 5.60 Å². The van der Waals surface area contributed by atoms with Gasteiger partial charge in [0.15, 0.2) is 11.6 Å². The van der Waals surface area contributed by atoms with Crippen LogP contribution in [-0.4, -0.2) is 17.8 Å². The number of hydrogen-bond donors (Lipinski definition) is 1. The highest BCUT2D eigenvalue weighted by molar-refractivity contribution is 5.32. The highest BCUT2D eigenvalue weighted by Gasteiger charge is 2.39.